The number of hydrogen-bond acceptors (Lipinski definition) is 4. The molecule has 4 nitrogen and oxygen atoms in total. The number of fused-ring (bicyclic) bond motifs is 1. The van der Waals surface area contributed by atoms with E-state index < -0.39 is 0 Å². The van der Waals surface area contributed by atoms with E-state index >= 15 is 0 Å². The quantitative estimate of drug-likeness (QED) is 0.592. The third-order valence-electron chi connectivity index (χ3n) is 4.67. The maximum Gasteiger partial charge on any atom is 0.309 e. The Morgan fingerprint density at radius 1 is 1.29 bits per heavy atom. The average molecular weight is 294 g/mol. The van der Waals surface area contributed by atoms with Gasteiger partial charge in [0, 0.05) is 6.92 Å². The molecule has 0 saturated heterocycles. The molecule has 0 spiro atoms. The second kappa shape index (κ2) is 7.10. The Balaban J connectivity index is 2.24. The lowest BCUT2D eigenvalue weighted by atomic mass is 9.74. The van der Waals surface area contributed by atoms with Gasteiger partial charge in [0.2, 0.25) is 0 Å². The van der Waals surface area contributed by atoms with Gasteiger partial charge in [0.05, 0.1) is 12.5 Å². The lowest BCUT2D eigenvalue weighted by Crippen LogP contribution is -2.35. The van der Waals surface area contributed by atoms with Crippen LogP contribution in [0.15, 0.2) is 11.6 Å². The first-order valence-electron chi connectivity index (χ1n) is 8.08. The lowest BCUT2D eigenvalue weighted by Gasteiger charge is -2.34. The molecule has 0 N–H and O–H groups in total. The summed E-state index contributed by atoms with van der Waals surface area (Å²) >= 11 is 0. The fourth-order valence-corrected chi connectivity index (χ4v) is 3.74. The Morgan fingerprint density at radius 2 is 2.05 bits per heavy atom. The van der Waals surface area contributed by atoms with Crippen molar-refractivity contribution in [1.82, 2.24) is 0 Å². The molecule has 0 heterocycles. The van der Waals surface area contributed by atoms with Gasteiger partial charge in [-0.25, -0.2) is 0 Å². The van der Waals surface area contributed by atoms with Crippen LogP contribution in [0.2, 0.25) is 0 Å². The highest BCUT2D eigenvalue weighted by atomic mass is 16.5. The number of carbonyl (C=O) groups excluding carboxylic acids is 2. The summed E-state index contributed by atoms with van der Waals surface area (Å²) in [7, 11) is 0. The zero-order chi connectivity index (χ0) is 15.4. The number of carbonyl (C=O) groups is 2. The van der Waals surface area contributed by atoms with Crippen molar-refractivity contribution in [3.05, 3.63) is 11.6 Å². The van der Waals surface area contributed by atoms with Gasteiger partial charge in [0.15, 0.2) is 0 Å². The Labute approximate surface area is 126 Å². The van der Waals surface area contributed by atoms with Gasteiger partial charge < -0.3 is 9.47 Å². The van der Waals surface area contributed by atoms with Gasteiger partial charge in [-0.2, -0.15) is 0 Å². The second-order valence-electron chi connectivity index (χ2n) is 6.18. The van der Waals surface area contributed by atoms with E-state index in [-0.39, 0.29) is 29.9 Å². The van der Waals surface area contributed by atoms with E-state index in [2.05, 4.69) is 13.0 Å². The molecule has 0 bridgehead atoms. The number of rotatable bonds is 3. The van der Waals surface area contributed by atoms with Gasteiger partial charge in [0.25, 0.3) is 0 Å². The topological polar surface area (TPSA) is 52.6 Å². The van der Waals surface area contributed by atoms with Crippen LogP contribution in [0.25, 0.3) is 0 Å². The zero-order valence-corrected chi connectivity index (χ0v) is 13.3. The van der Waals surface area contributed by atoms with Crippen LogP contribution >= 0.6 is 0 Å². The highest BCUT2D eigenvalue weighted by Crippen LogP contribution is 2.42. The molecule has 21 heavy (non-hydrogen) atoms. The van der Waals surface area contributed by atoms with Gasteiger partial charge in [-0.3, -0.25) is 9.59 Å². The largest absolute Gasteiger partial charge is 0.466 e. The van der Waals surface area contributed by atoms with Crippen LogP contribution in [0.3, 0.4) is 0 Å². The molecule has 1 saturated carbocycles. The van der Waals surface area contributed by atoms with Crippen molar-refractivity contribution in [3.63, 3.8) is 0 Å². The van der Waals surface area contributed by atoms with Crippen LogP contribution in [0.4, 0.5) is 0 Å². The van der Waals surface area contributed by atoms with E-state index in [1.165, 1.54) is 6.92 Å². The minimum Gasteiger partial charge on any atom is -0.466 e. The van der Waals surface area contributed by atoms with Crippen LogP contribution in [-0.2, 0) is 19.1 Å². The summed E-state index contributed by atoms with van der Waals surface area (Å²) in [5, 5.41) is 0. The molecule has 2 aliphatic carbocycles. The van der Waals surface area contributed by atoms with E-state index in [0.29, 0.717) is 12.5 Å². The molecule has 3 unspecified atom stereocenters. The van der Waals surface area contributed by atoms with E-state index in [4.69, 9.17) is 9.47 Å². The molecule has 1 fully saturated rings. The molecular weight excluding hydrogens is 268 g/mol. The molecule has 2 aliphatic rings. The minimum absolute atomic E-state index is 0.0756. The van der Waals surface area contributed by atoms with E-state index in [9.17, 15) is 9.59 Å². The zero-order valence-electron chi connectivity index (χ0n) is 13.3. The van der Waals surface area contributed by atoms with Crippen molar-refractivity contribution in [2.45, 2.75) is 59.0 Å². The van der Waals surface area contributed by atoms with E-state index in [1.807, 2.05) is 6.92 Å². The SMILES string of the molecule is CCOC(=O)C1CCC=C2C(OC(C)=O)C(C)CCC[C@H]21. The van der Waals surface area contributed by atoms with Crippen molar-refractivity contribution in [2.75, 3.05) is 6.61 Å². The Kier molecular flexibility index (Phi) is 5.43. The third kappa shape index (κ3) is 3.66. The summed E-state index contributed by atoms with van der Waals surface area (Å²) in [5.41, 5.74) is 1.15. The van der Waals surface area contributed by atoms with E-state index in [0.717, 1.165) is 37.7 Å². The predicted molar refractivity (Wildman–Crippen MR) is 79.5 cm³/mol. The molecule has 118 valence electrons. The lowest BCUT2D eigenvalue weighted by molar-refractivity contribution is -0.150. The number of ether oxygens (including phenoxy) is 2. The summed E-state index contributed by atoms with van der Waals surface area (Å²) in [6.45, 7) is 5.85. The summed E-state index contributed by atoms with van der Waals surface area (Å²) in [6, 6.07) is 0. The molecule has 2 rings (SSSR count). The molecule has 0 aromatic carbocycles. The molecule has 4 heteroatoms. The monoisotopic (exact) mass is 294 g/mol. The van der Waals surface area contributed by atoms with Crippen molar-refractivity contribution in [3.8, 4) is 0 Å². The molecule has 0 radical (unpaired) electrons. The fraction of sp³-hybridized carbons (Fsp3) is 0.765. The Hall–Kier alpha value is -1.32. The van der Waals surface area contributed by atoms with Gasteiger partial charge in [-0.1, -0.05) is 19.4 Å². The first-order chi connectivity index (χ1) is 10.0. The molecule has 4 atom stereocenters. The molecule has 0 aromatic heterocycles. The van der Waals surface area contributed by atoms with Crippen LogP contribution in [-0.4, -0.2) is 24.6 Å². The van der Waals surface area contributed by atoms with Crippen LogP contribution < -0.4 is 0 Å². The third-order valence-corrected chi connectivity index (χ3v) is 4.67. The first kappa shape index (κ1) is 16.1. The normalized spacial score (nSPS) is 32.4. The van der Waals surface area contributed by atoms with Gasteiger partial charge >= 0.3 is 11.9 Å². The predicted octanol–water partition coefficient (Wildman–Crippen LogP) is 3.25. The molecule has 0 aliphatic heterocycles. The van der Waals surface area contributed by atoms with Crippen LogP contribution in [0.1, 0.15) is 52.9 Å². The average Bonchev–Trinajstić information content (AvgIpc) is 2.59. The van der Waals surface area contributed by atoms with Gasteiger partial charge in [-0.05, 0) is 50.0 Å². The number of esters is 2. The highest BCUT2D eigenvalue weighted by Gasteiger charge is 2.41. The number of allylic oxidation sites excluding steroid dienone is 1. The maximum absolute atomic E-state index is 12.2. The van der Waals surface area contributed by atoms with Gasteiger partial charge in [-0.15, -0.1) is 0 Å². The highest BCUT2D eigenvalue weighted by molar-refractivity contribution is 5.74. The fourth-order valence-electron chi connectivity index (χ4n) is 3.74. The van der Waals surface area contributed by atoms with Crippen molar-refractivity contribution in [2.24, 2.45) is 17.8 Å². The summed E-state index contributed by atoms with van der Waals surface area (Å²) in [5.74, 6) is 0.0717. The standard InChI is InChI=1S/C17H26O4/c1-4-20-17(19)15-10-6-9-14-13(15)8-5-7-11(2)16(14)21-12(3)18/h9,11,13,15-16H,4-8,10H2,1-3H3/t11?,13-,15?,16?/m1/s1. The molecule has 0 aromatic rings. The van der Waals surface area contributed by atoms with E-state index in [1.54, 1.807) is 0 Å². The van der Waals surface area contributed by atoms with Crippen molar-refractivity contribution < 1.29 is 19.1 Å². The molecular formula is C17H26O4. The Morgan fingerprint density at radius 3 is 2.71 bits per heavy atom. The van der Waals surface area contributed by atoms with Gasteiger partial charge in [0.1, 0.15) is 6.10 Å². The summed E-state index contributed by atoms with van der Waals surface area (Å²) in [4.78, 5) is 23.6. The maximum atomic E-state index is 12.2. The van der Waals surface area contributed by atoms with Crippen molar-refractivity contribution >= 4 is 11.9 Å². The van der Waals surface area contributed by atoms with Crippen molar-refractivity contribution in [1.29, 1.82) is 0 Å². The minimum atomic E-state index is -0.244. The second-order valence-corrected chi connectivity index (χ2v) is 6.18. The Bertz CT molecular complexity index is 427. The van der Waals surface area contributed by atoms with Crippen LogP contribution in [0.5, 0.6) is 0 Å². The summed E-state index contributed by atoms with van der Waals surface area (Å²) < 4.78 is 10.8. The number of hydrogen-bond donors (Lipinski definition) is 0. The van der Waals surface area contributed by atoms with Crippen LogP contribution in [0, 0.1) is 17.8 Å². The molecule has 0 amide bonds. The first-order valence-corrected chi connectivity index (χ1v) is 8.08. The summed E-state index contributed by atoms with van der Waals surface area (Å²) in [6.07, 6.45) is 6.80. The smallest absolute Gasteiger partial charge is 0.309 e.